The first-order chi connectivity index (χ1) is 8.52. The Labute approximate surface area is 102 Å². The van der Waals surface area contributed by atoms with Crippen molar-refractivity contribution in [3.8, 4) is 11.5 Å². The molecular weight excluding hydrogens is 248 g/mol. The fourth-order valence-electron chi connectivity index (χ4n) is 1.08. The largest absolute Gasteiger partial charge is 0.487 e. The number of alkyl halides is 2. The quantitative estimate of drug-likeness (QED) is 0.620. The van der Waals surface area contributed by atoms with E-state index < -0.39 is 19.0 Å². The summed E-state index contributed by atoms with van der Waals surface area (Å²) in [6, 6.07) is 4.21. The molecule has 0 saturated carbocycles. The van der Waals surface area contributed by atoms with Crippen LogP contribution >= 0.6 is 0 Å². The van der Waals surface area contributed by atoms with Crippen LogP contribution in [-0.4, -0.2) is 32.7 Å². The maximum atomic E-state index is 12.0. The molecule has 1 rings (SSSR count). The van der Waals surface area contributed by atoms with E-state index in [2.05, 4.69) is 4.74 Å². The second-order valence-electron chi connectivity index (χ2n) is 3.27. The van der Waals surface area contributed by atoms with Gasteiger partial charge in [0, 0.05) is 6.07 Å². The molecule has 0 radical (unpaired) electrons. The highest BCUT2D eigenvalue weighted by atomic mass is 19.3. The maximum Gasteiger partial charge on any atom is 0.343 e. The second kappa shape index (κ2) is 6.63. The van der Waals surface area contributed by atoms with Crippen molar-refractivity contribution in [3.05, 3.63) is 18.2 Å². The lowest BCUT2D eigenvalue weighted by atomic mass is 10.3. The topological polar surface area (TPSA) is 70.8 Å². The third kappa shape index (κ3) is 4.44. The van der Waals surface area contributed by atoms with E-state index in [9.17, 15) is 13.6 Å². The Morgan fingerprint density at radius 2 is 2.11 bits per heavy atom. The van der Waals surface area contributed by atoms with Crippen molar-refractivity contribution in [1.29, 1.82) is 0 Å². The van der Waals surface area contributed by atoms with Crippen molar-refractivity contribution in [2.45, 2.75) is 6.43 Å². The van der Waals surface area contributed by atoms with Gasteiger partial charge in [0.15, 0.2) is 6.61 Å². The van der Waals surface area contributed by atoms with Gasteiger partial charge in [-0.25, -0.2) is 13.6 Å². The standard InChI is InChI=1S/C11H13F2NO4/c1-16-11(15)6-18-9-4-7(2-3-8(9)14)17-5-10(12)13/h2-4,10H,5-6,14H2,1H3. The van der Waals surface area contributed by atoms with Crippen molar-refractivity contribution in [3.63, 3.8) is 0 Å². The summed E-state index contributed by atoms with van der Waals surface area (Å²) in [5.41, 5.74) is 5.86. The zero-order valence-electron chi connectivity index (χ0n) is 9.69. The lowest BCUT2D eigenvalue weighted by Gasteiger charge is -2.10. The van der Waals surface area contributed by atoms with Crippen molar-refractivity contribution >= 4 is 11.7 Å². The molecule has 0 heterocycles. The van der Waals surface area contributed by atoms with E-state index in [1.165, 1.54) is 25.3 Å². The number of hydrogen-bond donors (Lipinski definition) is 1. The van der Waals surface area contributed by atoms with Crippen LogP contribution in [0.2, 0.25) is 0 Å². The van der Waals surface area contributed by atoms with Gasteiger partial charge in [-0.1, -0.05) is 0 Å². The Balaban J connectivity index is 2.65. The van der Waals surface area contributed by atoms with Crippen LogP contribution in [0.5, 0.6) is 11.5 Å². The molecule has 0 aliphatic heterocycles. The normalized spacial score (nSPS) is 10.2. The molecule has 7 heteroatoms. The van der Waals surface area contributed by atoms with Crippen LogP contribution in [0.3, 0.4) is 0 Å². The summed E-state index contributed by atoms with van der Waals surface area (Å²) in [4.78, 5) is 10.9. The van der Waals surface area contributed by atoms with E-state index in [0.717, 1.165) is 0 Å². The highest BCUT2D eigenvalue weighted by molar-refractivity contribution is 5.71. The number of halogens is 2. The molecule has 0 aliphatic rings. The summed E-state index contributed by atoms with van der Waals surface area (Å²) in [6.45, 7) is -1.04. The molecule has 0 saturated heterocycles. The Morgan fingerprint density at radius 3 is 2.72 bits per heavy atom. The fraction of sp³-hybridized carbons (Fsp3) is 0.364. The molecule has 0 unspecified atom stereocenters. The SMILES string of the molecule is COC(=O)COc1cc(OCC(F)F)ccc1N. The number of methoxy groups -OCH3 is 1. The smallest absolute Gasteiger partial charge is 0.343 e. The molecule has 5 nitrogen and oxygen atoms in total. The molecule has 18 heavy (non-hydrogen) atoms. The number of rotatable bonds is 6. The number of anilines is 1. The van der Waals surface area contributed by atoms with Gasteiger partial charge >= 0.3 is 5.97 Å². The van der Waals surface area contributed by atoms with Crippen molar-refractivity contribution in [2.75, 3.05) is 26.1 Å². The van der Waals surface area contributed by atoms with E-state index in [-0.39, 0.29) is 23.8 Å². The summed E-state index contributed by atoms with van der Waals surface area (Å²) in [5.74, 6) is -0.218. The van der Waals surface area contributed by atoms with Crippen molar-refractivity contribution in [1.82, 2.24) is 0 Å². The van der Waals surface area contributed by atoms with Gasteiger partial charge in [0.05, 0.1) is 12.8 Å². The first kappa shape index (κ1) is 14.0. The predicted octanol–water partition coefficient (Wildman–Crippen LogP) is 1.46. The molecule has 100 valence electrons. The number of benzene rings is 1. The van der Waals surface area contributed by atoms with Crippen molar-refractivity contribution in [2.24, 2.45) is 0 Å². The number of ether oxygens (including phenoxy) is 3. The number of carbonyl (C=O) groups is 1. The summed E-state index contributed by atoms with van der Waals surface area (Å²) in [5, 5.41) is 0. The van der Waals surface area contributed by atoms with Gasteiger partial charge in [0.1, 0.15) is 18.1 Å². The molecule has 0 fully saturated rings. The van der Waals surface area contributed by atoms with E-state index >= 15 is 0 Å². The number of nitrogens with two attached hydrogens (primary N) is 1. The number of carbonyl (C=O) groups excluding carboxylic acids is 1. The number of nitrogen functional groups attached to an aromatic ring is 1. The predicted molar refractivity (Wildman–Crippen MR) is 59.9 cm³/mol. The van der Waals surface area contributed by atoms with Gasteiger partial charge in [-0.15, -0.1) is 0 Å². The van der Waals surface area contributed by atoms with Gasteiger partial charge in [-0.2, -0.15) is 0 Å². The van der Waals surface area contributed by atoms with Crippen LogP contribution in [0, 0.1) is 0 Å². The summed E-state index contributed by atoms with van der Waals surface area (Å²) < 4.78 is 38.2. The fourth-order valence-corrected chi connectivity index (χ4v) is 1.08. The summed E-state index contributed by atoms with van der Waals surface area (Å²) in [7, 11) is 1.22. The van der Waals surface area contributed by atoms with Gasteiger partial charge in [-0.3, -0.25) is 0 Å². The third-order valence-electron chi connectivity index (χ3n) is 1.93. The molecule has 2 N–H and O–H groups in total. The average molecular weight is 261 g/mol. The second-order valence-corrected chi connectivity index (χ2v) is 3.27. The number of hydrogen-bond acceptors (Lipinski definition) is 5. The molecule has 0 atom stereocenters. The lowest BCUT2D eigenvalue weighted by Crippen LogP contribution is -2.13. The van der Waals surface area contributed by atoms with Crippen LogP contribution in [0.15, 0.2) is 18.2 Å². The van der Waals surface area contributed by atoms with Crippen molar-refractivity contribution < 1.29 is 27.8 Å². The molecule has 1 aromatic carbocycles. The van der Waals surface area contributed by atoms with Crippen LogP contribution in [0.25, 0.3) is 0 Å². The molecule has 0 aromatic heterocycles. The van der Waals surface area contributed by atoms with Crippen LogP contribution < -0.4 is 15.2 Å². The molecule has 0 bridgehead atoms. The minimum Gasteiger partial charge on any atom is -0.487 e. The average Bonchev–Trinajstić information content (AvgIpc) is 2.35. The minimum atomic E-state index is -2.57. The zero-order chi connectivity index (χ0) is 13.5. The minimum absolute atomic E-state index is 0.173. The first-order valence-corrected chi connectivity index (χ1v) is 5.03. The third-order valence-corrected chi connectivity index (χ3v) is 1.93. The van der Waals surface area contributed by atoms with Crippen LogP contribution in [0.4, 0.5) is 14.5 Å². The van der Waals surface area contributed by atoms with E-state index in [0.29, 0.717) is 0 Å². The highest BCUT2D eigenvalue weighted by Crippen LogP contribution is 2.27. The highest BCUT2D eigenvalue weighted by Gasteiger charge is 2.08. The summed E-state index contributed by atoms with van der Waals surface area (Å²) >= 11 is 0. The molecular formula is C11H13F2NO4. The molecule has 0 spiro atoms. The van der Waals surface area contributed by atoms with Gasteiger partial charge in [0.25, 0.3) is 6.43 Å². The number of esters is 1. The molecule has 1 aromatic rings. The van der Waals surface area contributed by atoms with E-state index in [1.54, 1.807) is 0 Å². The maximum absolute atomic E-state index is 12.0. The lowest BCUT2D eigenvalue weighted by molar-refractivity contribution is -0.142. The molecule has 0 amide bonds. The van der Waals surface area contributed by atoms with Gasteiger partial charge in [0.2, 0.25) is 0 Å². The monoisotopic (exact) mass is 261 g/mol. The molecule has 0 aliphatic carbocycles. The Kier molecular flexibility index (Phi) is 5.16. The Hall–Kier alpha value is -2.05. The summed E-state index contributed by atoms with van der Waals surface area (Å²) in [6.07, 6.45) is -2.57. The Bertz CT molecular complexity index is 412. The van der Waals surface area contributed by atoms with E-state index in [1.807, 2.05) is 0 Å². The van der Waals surface area contributed by atoms with E-state index in [4.69, 9.17) is 15.2 Å². The van der Waals surface area contributed by atoms with Gasteiger partial charge < -0.3 is 19.9 Å². The van der Waals surface area contributed by atoms with Crippen LogP contribution in [0.1, 0.15) is 0 Å². The Morgan fingerprint density at radius 1 is 1.39 bits per heavy atom. The first-order valence-electron chi connectivity index (χ1n) is 5.03. The zero-order valence-corrected chi connectivity index (χ0v) is 9.69. The van der Waals surface area contributed by atoms with Crippen LogP contribution in [-0.2, 0) is 9.53 Å². The van der Waals surface area contributed by atoms with Gasteiger partial charge in [-0.05, 0) is 12.1 Å².